The molecule has 0 aliphatic carbocycles. The lowest BCUT2D eigenvalue weighted by Crippen LogP contribution is -2.36. The zero-order valence-corrected chi connectivity index (χ0v) is 12.4. The maximum Gasteiger partial charge on any atom is 0.0919 e. The predicted octanol–water partition coefficient (Wildman–Crippen LogP) is 5.10. The van der Waals surface area contributed by atoms with E-state index >= 15 is 0 Å². The Morgan fingerprint density at radius 1 is 0.941 bits per heavy atom. The van der Waals surface area contributed by atoms with Gasteiger partial charge in [-0.3, -0.25) is 0 Å². The van der Waals surface area contributed by atoms with E-state index in [0.29, 0.717) is 12.1 Å². The van der Waals surface area contributed by atoms with Crippen LogP contribution >= 0.6 is 22.7 Å². The molecular formula is C14H19NS2. The van der Waals surface area contributed by atoms with Crippen LogP contribution in [0.25, 0.3) is 9.75 Å². The van der Waals surface area contributed by atoms with Gasteiger partial charge in [0.15, 0.2) is 0 Å². The summed E-state index contributed by atoms with van der Waals surface area (Å²) in [6.07, 6.45) is 0. The first-order valence-corrected chi connectivity index (χ1v) is 7.71. The Hall–Kier alpha value is -0.800. The smallest absolute Gasteiger partial charge is 0.0919 e. The zero-order chi connectivity index (χ0) is 12.4. The third kappa shape index (κ3) is 2.72. The van der Waals surface area contributed by atoms with E-state index in [1.54, 1.807) is 0 Å². The van der Waals surface area contributed by atoms with Gasteiger partial charge in [-0.05, 0) is 51.3 Å². The highest BCUT2D eigenvalue weighted by atomic mass is 32.1. The Bertz CT molecular complexity index is 446. The molecule has 1 nitrogen and oxygen atoms in total. The standard InChI is InChI=1S/C14H19NS2/c1-10(2)15(11(3)4)14-8-7-13(17-14)12-6-5-9-16-12/h5-11H,1-4H3. The van der Waals surface area contributed by atoms with Crippen molar-refractivity contribution < 1.29 is 0 Å². The van der Waals surface area contributed by atoms with Gasteiger partial charge in [-0.15, -0.1) is 22.7 Å². The van der Waals surface area contributed by atoms with Crippen LogP contribution in [0.4, 0.5) is 5.00 Å². The Labute approximate surface area is 112 Å². The van der Waals surface area contributed by atoms with Gasteiger partial charge in [-0.1, -0.05) is 6.07 Å². The summed E-state index contributed by atoms with van der Waals surface area (Å²) in [5.74, 6) is 0. The fourth-order valence-electron chi connectivity index (χ4n) is 2.12. The second-order valence-electron chi connectivity index (χ2n) is 4.71. The van der Waals surface area contributed by atoms with Gasteiger partial charge >= 0.3 is 0 Å². The summed E-state index contributed by atoms with van der Waals surface area (Å²) in [6.45, 7) is 9.02. The minimum Gasteiger partial charge on any atom is -0.359 e. The van der Waals surface area contributed by atoms with Crippen molar-refractivity contribution in [2.45, 2.75) is 39.8 Å². The van der Waals surface area contributed by atoms with Crippen LogP contribution in [0.2, 0.25) is 0 Å². The molecule has 2 rings (SSSR count). The van der Waals surface area contributed by atoms with Crippen LogP contribution in [0.1, 0.15) is 27.7 Å². The molecule has 0 fully saturated rings. The molecule has 2 aromatic rings. The summed E-state index contributed by atoms with van der Waals surface area (Å²) < 4.78 is 0. The van der Waals surface area contributed by atoms with Crippen LogP contribution in [0, 0.1) is 0 Å². The molecule has 0 saturated heterocycles. The fraction of sp³-hybridized carbons (Fsp3) is 0.429. The molecule has 0 bridgehead atoms. The van der Waals surface area contributed by atoms with Crippen LogP contribution in [0.15, 0.2) is 29.6 Å². The van der Waals surface area contributed by atoms with Gasteiger partial charge in [-0.25, -0.2) is 0 Å². The molecule has 0 amide bonds. The van der Waals surface area contributed by atoms with Crippen LogP contribution in [-0.2, 0) is 0 Å². The van der Waals surface area contributed by atoms with Crippen LogP contribution in [-0.4, -0.2) is 12.1 Å². The van der Waals surface area contributed by atoms with Gasteiger partial charge < -0.3 is 4.90 Å². The molecule has 0 atom stereocenters. The van der Waals surface area contributed by atoms with Crippen molar-refractivity contribution >= 4 is 27.7 Å². The lowest BCUT2D eigenvalue weighted by molar-refractivity contribution is 0.613. The number of thiophene rings is 2. The Kier molecular flexibility index (Phi) is 3.89. The molecule has 0 aliphatic rings. The molecule has 2 heterocycles. The van der Waals surface area contributed by atoms with Gasteiger partial charge in [0.25, 0.3) is 0 Å². The second kappa shape index (κ2) is 5.23. The van der Waals surface area contributed by atoms with E-state index in [1.165, 1.54) is 14.8 Å². The van der Waals surface area contributed by atoms with Crippen LogP contribution in [0.5, 0.6) is 0 Å². The van der Waals surface area contributed by atoms with Crippen molar-refractivity contribution in [3.63, 3.8) is 0 Å². The minimum atomic E-state index is 0.546. The van der Waals surface area contributed by atoms with Crippen molar-refractivity contribution in [3.05, 3.63) is 29.6 Å². The highest BCUT2D eigenvalue weighted by Crippen LogP contribution is 2.37. The van der Waals surface area contributed by atoms with Crippen LogP contribution in [0.3, 0.4) is 0 Å². The monoisotopic (exact) mass is 265 g/mol. The van der Waals surface area contributed by atoms with Crippen molar-refractivity contribution in [3.8, 4) is 9.75 Å². The van der Waals surface area contributed by atoms with E-state index in [9.17, 15) is 0 Å². The van der Waals surface area contributed by atoms with Crippen molar-refractivity contribution in [2.75, 3.05) is 4.90 Å². The third-order valence-electron chi connectivity index (χ3n) is 2.72. The van der Waals surface area contributed by atoms with E-state index in [0.717, 1.165) is 0 Å². The average molecular weight is 265 g/mol. The molecule has 0 saturated carbocycles. The number of hydrogen-bond donors (Lipinski definition) is 0. The molecule has 0 N–H and O–H groups in total. The number of nitrogens with zero attached hydrogens (tertiary/aromatic N) is 1. The first-order valence-electron chi connectivity index (χ1n) is 6.01. The topological polar surface area (TPSA) is 3.24 Å². The average Bonchev–Trinajstić information content (AvgIpc) is 2.83. The molecule has 0 aliphatic heterocycles. The first kappa shape index (κ1) is 12.7. The van der Waals surface area contributed by atoms with E-state index in [4.69, 9.17) is 0 Å². The molecule has 0 aromatic carbocycles. The van der Waals surface area contributed by atoms with E-state index in [-0.39, 0.29) is 0 Å². The Morgan fingerprint density at radius 2 is 1.65 bits per heavy atom. The molecule has 0 unspecified atom stereocenters. The summed E-state index contributed by atoms with van der Waals surface area (Å²) in [5, 5.41) is 3.51. The largest absolute Gasteiger partial charge is 0.359 e. The van der Waals surface area contributed by atoms with Crippen molar-refractivity contribution in [1.82, 2.24) is 0 Å². The van der Waals surface area contributed by atoms with Gasteiger partial charge in [0.1, 0.15) is 0 Å². The Morgan fingerprint density at radius 3 is 2.18 bits per heavy atom. The quantitative estimate of drug-likeness (QED) is 0.743. The second-order valence-corrected chi connectivity index (χ2v) is 6.72. The van der Waals surface area contributed by atoms with Gasteiger partial charge in [-0.2, -0.15) is 0 Å². The normalized spacial score (nSPS) is 11.4. The summed E-state index contributed by atoms with van der Waals surface area (Å²) in [4.78, 5) is 5.22. The van der Waals surface area contributed by atoms with Crippen molar-refractivity contribution in [2.24, 2.45) is 0 Å². The lowest BCUT2D eigenvalue weighted by Gasteiger charge is -2.31. The molecule has 0 radical (unpaired) electrons. The summed E-state index contributed by atoms with van der Waals surface area (Å²) in [6, 6.07) is 9.88. The predicted molar refractivity (Wildman–Crippen MR) is 80.4 cm³/mol. The van der Waals surface area contributed by atoms with Crippen molar-refractivity contribution in [1.29, 1.82) is 0 Å². The van der Waals surface area contributed by atoms with Gasteiger partial charge in [0.2, 0.25) is 0 Å². The highest BCUT2D eigenvalue weighted by molar-refractivity contribution is 7.23. The molecule has 92 valence electrons. The fourth-order valence-corrected chi connectivity index (χ4v) is 4.23. The molecule has 3 heteroatoms. The van der Waals surface area contributed by atoms with E-state index < -0.39 is 0 Å². The highest BCUT2D eigenvalue weighted by Gasteiger charge is 2.16. The number of hydrogen-bond acceptors (Lipinski definition) is 3. The van der Waals surface area contributed by atoms with E-state index in [1.807, 2.05) is 22.7 Å². The first-order chi connectivity index (χ1) is 8.09. The van der Waals surface area contributed by atoms with E-state index in [2.05, 4.69) is 62.2 Å². The SMILES string of the molecule is CC(C)N(c1ccc(-c2cccs2)s1)C(C)C. The number of rotatable bonds is 4. The van der Waals surface area contributed by atoms with Gasteiger partial charge in [0.05, 0.1) is 5.00 Å². The Balaban J connectivity index is 2.28. The minimum absolute atomic E-state index is 0.546. The summed E-state index contributed by atoms with van der Waals surface area (Å²) in [5.41, 5.74) is 0. The maximum absolute atomic E-state index is 2.47. The molecular weight excluding hydrogens is 246 g/mol. The lowest BCUT2D eigenvalue weighted by atomic mass is 10.2. The summed E-state index contributed by atoms with van der Waals surface area (Å²) in [7, 11) is 0. The molecule has 2 aromatic heterocycles. The zero-order valence-electron chi connectivity index (χ0n) is 10.8. The summed E-state index contributed by atoms with van der Waals surface area (Å²) >= 11 is 3.70. The van der Waals surface area contributed by atoms with Gasteiger partial charge in [0, 0.05) is 21.8 Å². The van der Waals surface area contributed by atoms with Crippen LogP contribution < -0.4 is 4.90 Å². The maximum atomic E-state index is 2.47. The molecule has 17 heavy (non-hydrogen) atoms. The third-order valence-corrected chi connectivity index (χ3v) is 4.89. The number of anilines is 1. The molecule has 0 spiro atoms.